The first-order valence-electron chi connectivity index (χ1n) is 8.17. The normalized spacial score (nSPS) is 13.3. The summed E-state index contributed by atoms with van der Waals surface area (Å²) in [5, 5.41) is 10.2. The van der Waals surface area contributed by atoms with E-state index < -0.39 is 5.97 Å². The Kier molecular flexibility index (Phi) is 3.39. The highest BCUT2D eigenvalue weighted by Crippen LogP contribution is 2.27. The quantitative estimate of drug-likeness (QED) is 0.751. The first-order valence-corrected chi connectivity index (χ1v) is 8.17. The molecule has 0 spiro atoms. The number of aryl methyl sites for hydroxylation is 2. The lowest BCUT2D eigenvalue weighted by Gasteiger charge is -2.15. The number of aromatic amines is 1. The molecule has 2 aromatic carbocycles. The summed E-state index contributed by atoms with van der Waals surface area (Å²) in [5.41, 5.74) is 6.11. The molecule has 0 unspecified atom stereocenters. The Morgan fingerprint density at radius 2 is 1.72 bits per heavy atom. The Balaban J connectivity index is 1.64. The summed E-state index contributed by atoms with van der Waals surface area (Å²) < 4.78 is 0. The van der Waals surface area contributed by atoms with Crippen LogP contribution in [0.25, 0.3) is 10.9 Å². The van der Waals surface area contributed by atoms with E-state index >= 15 is 0 Å². The van der Waals surface area contributed by atoms with Gasteiger partial charge in [-0.05, 0) is 60.9 Å². The van der Waals surface area contributed by atoms with E-state index in [1.54, 1.807) is 23.1 Å². The van der Waals surface area contributed by atoms with Gasteiger partial charge >= 0.3 is 5.97 Å². The molecule has 2 heterocycles. The van der Waals surface area contributed by atoms with Crippen molar-refractivity contribution in [2.24, 2.45) is 0 Å². The van der Waals surface area contributed by atoms with Gasteiger partial charge in [0.05, 0.1) is 5.56 Å². The van der Waals surface area contributed by atoms with Crippen LogP contribution in [0, 0.1) is 13.8 Å². The van der Waals surface area contributed by atoms with E-state index in [4.69, 9.17) is 5.11 Å². The van der Waals surface area contributed by atoms with Crippen LogP contribution in [0.2, 0.25) is 0 Å². The molecule has 1 amide bonds. The molecule has 5 heteroatoms. The van der Waals surface area contributed by atoms with Gasteiger partial charge in [0.25, 0.3) is 5.91 Å². The predicted molar refractivity (Wildman–Crippen MR) is 94.8 cm³/mol. The molecule has 2 N–H and O–H groups in total. The van der Waals surface area contributed by atoms with Crippen LogP contribution in [-0.2, 0) is 13.1 Å². The minimum absolute atomic E-state index is 0.0340. The van der Waals surface area contributed by atoms with E-state index in [0.717, 1.165) is 33.3 Å². The Bertz CT molecular complexity index is 1030. The summed E-state index contributed by atoms with van der Waals surface area (Å²) in [7, 11) is 0. The predicted octanol–water partition coefficient (Wildman–Crippen LogP) is 3.64. The van der Waals surface area contributed by atoms with Crippen LogP contribution in [0.5, 0.6) is 0 Å². The Morgan fingerprint density at radius 1 is 1.00 bits per heavy atom. The molecule has 126 valence electrons. The van der Waals surface area contributed by atoms with Crippen molar-refractivity contribution in [1.82, 2.24) is 9.88 Å². The molecular formula is C20H18N2O3. The highest BCUT2D eigenvalue weighted by atomic mass is 16.4. The van der Waals surface area contributed by atoms with E-state index in [9.17, 15) is 9.59 Å². The van der Waals surface area contributed by atoms with Crippen molar-refractivity contribution in [3.05, 3.63) is 69.9 Å². The van der Waals surface area contributed by atoms with Crippen LogP contribution < -0.4 is 0 Å². The van der Waals surface area contributed by atoms with Crippen LogP contribution in [0.3, 0.4) is 0 Å². The third-order valence-electron chi connectivity index (χ3n) is 5.02. The van der Waals surface area contributed by atoms with E-state index in [1.165, 1.54) is 0 Å². The van der Waals surface area contributed by atoms with Crippen molar-refractivity contribution in [1.29, 1.82) is 0 Å². The molecule has 5 nitrogen and oxygen atoms in total. The van der Waals surface area contributed by atoms with Crippen LogP contribution in [-0.4, -0.2) is 26.9 Å². The van der Waals surface area contributed by atoms with Crippen LogP contribution >= 0.6 is 0 Å². The SMILES string of the molecule is Cc1[nH]c2ccc(C(=O)N3Cc4ccc(C(=O)O)cc4C3)cc2c1C. The zero-order chi connectivity index (χ0) is 17.7. The fourth-order valence-electron chi connectivity index (χ4n) is 3.45. The van der Waals surface area contributed by atoms with Gasteiger partial charge in [-0.2, -0.15) is 0 Å². The average Bonchev–Trinajstić information content (AvgIpc) is 3.15. The maximum atomic E-state index is 12.9. The molecule has 0 fully saturated rings. The molecule has 0 bridgehead atoms. The van der Waals surface area contributed by atoms with Gasteiger partial charge in [0.1, 0.15) is 0 Å². The number of H-pyrrole nitrogens is 1. The molecule has 0 saturated carbocycles. The maximum Gasteiger partial charge on any atom is 0.335 e. The smallest absolute Gasteiger partial charge is 0.335 e. The van der Waals surface area contributed by atoms with Crippen molar-refractivity contribution in [2.45, 2.75) is 26.9 Å². The molecular weight excluding hydrogens is 316 g/mol. The number of aromatic carboxylic acids is 1. The van der Waals surface area contributed by atoms with Crippen molar-refractivity contribution in [2.75, 3.05) is 0 Å². The number of fused-ring (bicyclic) bond motifs is 2. The summed E-state index contributed by atoms with van der Waals surface area (Å²) in [6.07, 6.45) is 0. The Morgan fingerprint density at radius 3 is 2.48 bits per heavy atom. The van der Waals surface area contributed by atoms with Gasteiger partial charge in [0, 0.05) is 35.2 Å². The number of carbonyl (C=O) groups is 2. The number of carboxylic acid groups (broad SMARTS) is 1. The lowest BCUT2D eigenvalue weighted by atomic mass is 10.1. The zero-order valence-electron chi connectivity index (χ0n) is 14.1. The summed E-state index contributed by atoms with van der Waals surface area (Å²) in [6, 6.07) is 10.8. The lowest BCUT2D eigenvalue weighted by Crippen LogP contribution is -2.25. The van der Waals surface area contributed by atoms with Crippen molar-refractivity contribution >= 4 is 22.8 Å². The summed E-state index contributed by atoms with van der Waals surface area (Å²) >= 11 is 0. The van der Waals surface area contributed by atoms with Gasteiger partial charge in [-0.25, -0.2) is 4.79 Å². The molecule has 4 rings (SSSR count). The van der Waals surface area contributed by atoms with Gasteiger partial charge in [-0.1, -0.05) is 6.07 Å². The summed E-state index contributed by atoms with van der Waals surface area (Å²) in [5.74, 6) is -0.982. The number of aromatic nitrogens is 1. The number of nitrogens with zero attached hydrogens (tertiary/aromatic N) is 1. The fraction of sp³-hybridized carbons (Fsp3) is 0.200. The number of carbonyl (C=O) groups excluding carboxylic acids is 1. The highest BCUT2D eigenvalue weighted by molar-refractivity contribution is 5.99. The maximum absolute atomic E-state index is 12.9. The van der Waals surface area contributed by atoms with Gasteiger partial charge in [-0.3, -0.25) is 4.79 Å². The molecule has 1 aromatic heterocycles. The number of nitrogens with one attached hydrogen (secondary N) is 1. The second-order valence-corrected chi connectivity index (χ2v) is 6.59. The molecule has 0 saturated heterocycles. The molecule has 1 aliphatic rings. The van der Waals surface area contributed by atoms with Crippen LogP contribution in [0.4, 0.5) is 0 Å². The Labute approximate surface area is 144 Å². The van der Waals surface area contributed by atoms with Crippen molar-refractivity contribution in [3.63, 3.8) is 0 Å². The van der Waals surface area contributed by atoms with E-state index in [1.807, 2.05) is 32.0 Å². The van der Waals surface area contributed by atoms with Gasteiger partial charge < -0.3 is 15.0 Å². The molecule has 0 radical (unpaired) electrons. The first kappa shape index (κ1) is 15.4. The Hall–Kier alpha value is -3.08. The molecule has 0 aliphatic carbocycles. The van der Waals surface area contributed by atoms with E-state index in [-0.39, 0.29) is 11.5 Å². The third kappa shape index (κ3) is 2.48. The lowest BCUT2D eigenvalue weighted by molar-refractivity contribution is 0.0696. The van der Waals surface area contributed by atoms with Crippen LogP contribution in [0.15, 0.2) is 36.4 Å². The monoisotopic (exact) mass is 334 g/mol. The summed E-state index contributed by atoms with van der Waals surface area (Å²) in [6.45, 7) is 5.02. The first-order chi connectivity index (χ1) is 11.9. The topological polar surface area (TPSA) is 73.4 Å². The number of hydrogen-bond acceptors (Lipinski definition) is 2. The number of amides is 1. The minimum Gasteiger partial charge on any atom is -0.478 e. The second kappa shape index (κ2) is 5.48. The minimum atomic E-state index is -0.948. The van der Waals surface area contributed by atoms with Crippen LogP contribution in [0.1, 0.15) is 43.1 Å². The molecule has 25 heavy (non-hydrogen) atoms. The van der Waals surface area contributed by atoms with E-state index in [2.05, 4.69) is 4.98 Å². The summed E-state index contributed by atoms with van der Waals surface area (Å²) in [4.78, 5) is 29.1. The van der Waals surface area contributed by atoms with Gasteiger partial charge in [0.2, 0.25) is 0 Å². The number of benzene rings is 2. The molecule has 0 atom stereocenters. The van der Waals surface area contributed by atoms with E-state index in [0.29, 0.717) is 18.7 Å². The zero-order valence-corrected chi connectivity index (χ0v) is 14.1. The fourth-order valence-corrected chi connectivity index (χ4v) is 3.45. The molecule has 3 aromatic rings. The number of hydrogen-bond donors (Lipinski definition) is 2. The highest BCUT2D eigenvalue weighted by Gasteiger charge is 2.25. The average molecular weight is 334 g/mol. The number of carboxylic acids is 1. The largest absolute Gasteiger partial charge is 0.478 e. The molecule has 1 aliphatic heterocycles. The third-order valence-corrected chi connectivity index (χ3v) is 5.02. The number of rotatable bonds is 2. The van der Waals surface area contributed by atoms with Gasteiger partial charge in [0.15, 0.2) is 0 Å². The van der Waals surface area contributed by atoms with Gasteiger partial charge in [-0.15, -0.1) is 0 Å². The standard InChI is InChI=1S/C20H18N2O3/c1-11-12(2)21-18-6-5-13(8-17(11)18)19(23)22-9-15-4-3-14(20(24)25)7-16(15)10-22/h3-8,21H,9-10H2,1-2H3,(H,24,25). The van der Waals surface area contributed by atoms with Crippen molar-refractivity contribution < 1.29 is 14.7 Å². The second-order valence-electron chi connectivity index (χ2n) is 6.59. The van der Waals surface area contributed by atoms with Crippen molar-refractivity contribution in [3.8, 4) is 0 Å².